The maximum atomic E-state index is 12.3. The number of halogens is 3. The zero-order chi connectivity index (χ0) is 22.4. The van der Waals surface area contributed by atoms with Crippen molar-refractivity contribution in [3.63, 3.8) is 0 Å². The zero-order valence-electron chi connectivity index (χ0n) is 15.7. The fraction of sp³-hybridized carbons (Fsp3) is 0.562. The maximum Gasteiger partial charge on any atom is 0.512 e. The molecule has 1 aliphatic heterocycles. The zero-order valence-corrected chi connectivity index (χ0v) is 18.1. The average molecular weight is 493 g/mol. The first-order valence-electron chi connectivity index (χ1n) is 8.79. The molecule has 0 aliphatic carbocycles. The normalized spacial score (nSPS) is 16.4. The summed E-state index contributed by atoms with van der Waals surface area (Å²) in [4.78, 5) is 12.3. The van der Waals surface area contributed by atoms with Crippen LogP contribution < -0.4 is 8.86 Å². The molecule has 0 radical (unpaired) electrons. The van der Waals surface area contributed by atoms with Gasteiger partial charge < -0.3 is 4.74 Å². The molecule has 30 heavy (non-hydrogen) atoms. The molecule has 1 N–H and O–H groups in total. The van der Waals surface area contributed by atoms with Gasteiger partial charge in [0.05, 0.1) is 0 Å². The van der Waals surface area contributed by atoms with E-state index in [9.17, 15) is 34.8 Å². The van der Waals surface area contributed by atoms with Crippen LogP contribution in [0, 0.1) is 0 Å². The molecule has 0 saturated carbocycles. The number of ketones is 1. The van der Waals surface area contributed by atoms with Crippen molar-refractivity contribution in [1.82, 2.24) is 4.13 Å². The van der Waals surface area contributed by atoms with Gasteiger partial charge in [-0.3, -0.25) is 8.98 Å². The Balaban J connectivity index is 1.78. The summed E-state index contributed by atoms with van der Waals surface area (Å²) in [7, 11) is -11.2. The lowest BCUT2D eigenvalue weighted by Crippen LogP contribution is -2.41. The molecular formula is C16H21F3NO7S3+. The first-order chi connectivity index (χ1) is 13.9. The second kappa shape index (κ2) is 10.3. The Kier molecular flexibility index (Phi) is 8.56. The topological polar surface area (TPSA) is 116 Å². The van der Waals surface area contributed by atoms with Crippen LogP contribution in [0.3, 0.4) is 0 Å². The molecule has 8 nitrogen and oxygen atoms in total. The quantitative estimate of drug-likeness (QED) is 0.301. The molecule has 170 valence electrons. The summed E-state index contributed by atoms with van der Waals surface area (Å²) in [6, 6.07) is 6.14. The third-order valence-corrected chi connectivity index (χ3v) is 9.17. The van der Waals surface area contributed by atoms with E-state index in [0.29, 0.717) is 15.4 Å². The number of Topliss-reactive ketones (excluding diaryl/α,β-unsaturated/α-hetero) is 1. The van der Waals surface area contributed by atoms with Gasteiger partial charge in [0.25, 0.3) is 0 Å². The summed E-state index contributed by atoms with van der Waals surface area (Å²) in [6.07, 6.45) is 3.51. The summed E-state index contributed by atoms with van der Waals surface area (Å²) in [5.41, 5.74) is -5.27. The van der Waals surface area contributed by atoms with Crippen molar-refractivity contribution < 1.29 is 43.7 Å². The summed E-state index contributed by atoms with van der Waals surface area (Å²) < 4.78 is 90.4. The lowest BCUT2D eigenvalue weighted by molar-refractivity contribution is -0.0442. The van der Waals surface area contributed by atoms with Crippen LogP contribution >= 0.6 is 0 Å². The molecule has 1 heterocycles. The van der Waals surface area contributed by atoms with E-state index in [1.54, 1.807) is 12.1 Å². The van der Waals surface area contributed by atoms with Crippen molar-refractivity contribution in [2.75, 3.05) is 30.5 Å². The van der Waals surface area contributed by atoms with E-state index < -0.39 is 32.4 Å². The van der Waals surface area contributed by atoms with Gasteiger partial charge in [0.15, 0.2) is 5.75 Å². The van der Waals surface area contributed by atoms with E-state index in [0.717, 1.165) is 24.3 Å². The molecule has 0 amide bonds. The molecule has 0 unspecified atom stereocenters. The molecule has 0 aromatic heterocycles. The highest BCUT2D eigenvalue weighted by Gasteiger charge is 2.48. The number of alkyl halides is 3. The summed E-state index contributed by atoms with van der Waals surface area (Å²) in [5, 5.41) is 0. The van der Waals surface area contributed by atoms with Crippen LogP contribution in [0.25, 0.3) is 0 Å². The molecule has 1 saturated heterocycles. The molecule has 2 rings (SSSR count). The third-order valence-electron chi connectivity index (χ3n) is 3.98. The standard InChI is InChI=1S/C16H21F3NO7S3/c17-16(18,19)29(22,23)20-30(24,25)27-9-8-26-14-6-4-13(5-7-14)15(21)12-28-10-2-1-3-11-28/h4-7,20H,1-3,8-12H2/q+1. The van der Waals surface area contributed by atoms with Gasteiger partial charge in [0.2, 0.25) is 5.78 Å². The van der Waals surface area contributed by atoms with Crippen LogP contribution in [0.2, 0.25) is 0 Å². The predicted octanol–water partition coefficient (Wildman–Crippen LogP) is 1.75. The van der Waals surface area contributed by atoms with E-state index in [1.807, 2.05) is 0 Å². The Morgan fingerprint density at radius 1 is 1.00 bits per heavy atom. The Hall–Kier alpha value is -1.35. The van der Waals surface area contributed by atoms with E-state index in [4.69, 9.17) is 4.74 Å². The molecule has 14 heteroatoms. The van der Waals surface area contributed by atoms with E-state index in [2.05, 4.69) is 4.18 Å². The monoisotopic (exact) mass is 492 g/mol. The number of nitrogens with one attached hydrogen (secondary N) is 1. The van der Waals surface area contributed by atoms with E-state index in [-0.39, 0.29) is 29.0 Å². The molecule has 0 bridgehead atoms. The Bertz CT molecular complexity index is 926. The van der Waals surface area contributed by atoms with E-state index >= 15 is 0 Å². The van der Waals surface area contributed by atoms with E-state index in [1.165, 1.54) is 18.6 Å². The number of ether oxygens (including phenoxy) is 1. The first kappa shape index (κ1) is 24.9. The molecule has 1 fully saturated rings. The predicted molar refractivity (Wildman–Crippen MR) is 105 cm³/mol. The Morgan fingerprint density at radius 3 is 2.17 bits per heavy atom. The van der Waals surface area contributed by atoms with Gasteiger partial charge in [-0.15, -0.1) is 0 Å². The smallest absolute Gasteiger partial charge is 0.491 e. The minimum Gasteiger partial charge on any atom is -0.491 e. The van der Waals surface area contributed by atoms with Gasteiger partial charge in [-0.2, -0.15) is 21.6 Å². The molecule has 1 aromatic rings. The highest BCUT2D eigenvalue weighted by Crippen LogP contribution is 2.22. The van der Waals surface area contributed by atoms with Gasteiger partial charge in [0, 0.05) is 5.56 Å². The van der Waals surface area contributed by atoms with Crippen LogP contribution in [0.15, 0.2) is 24.3 Å². The van der Waals surface area contributed by atoms with Crippen LogP contribution in [0.5, 0.6) is 5.75 Å². The van der Waals surface area contributed by atoms with Gasteiger partial charge in [-0.25, -0.2) is 8.42 Å². The van der Waals surface area contributed by atoms with Gasteiger partial charge >= 0.3 is 25.8 Å². The second-order valence-corrected chi connectivity index (χ2v) is 11.9. The highest BCUT2D eigenvalue weighted by atomic mass is 32.3. The molecule has 0 atom stereocenters. The second-order valence-electron chi connectivity index (χ2n) is 6.33. The molecular weight excluding hydrogens is 471 g/mol. The van der Waals surface area contributed by atoms with Crippen molar-refractivity contribution in [2.45, 2.75) is 24.8 Å². The van der Waals surface area contributed by atoms with Crippen molar-refractivity contribution in [1.29, 1.82) is 0 Å². The largest absolute Gasteiger partial charge is 0.512 e. The summed E-state index contributed by atoms with van der Waals surface area (Å²) >= 11 is 0. The average Bonchev–Trinajstić information content (AvgIpc) is 2.65. The van der Waals surface area contributed by atoms with Crippen LogP contribution in [0.4, 0.5) is 13.2 Å². The number of benzene rings is 1. The number of hydrogen-bond donors (Lipinski definition) is 1. The first-order valence-corrected chi connectivity index (χ1v) is 13.4. The number of rotatable bonds is 10. The SMILES string of the molecule is O=C(C[S+]1CCCCC1)c1ccc(OCCOS(=O)(=O)NS(=O)(=O)C(F)(F)F)cc1. The number of carbonyl (C=O) groups is 1. The lowest BCUT2D eigenvalue weighted by Gasteiger charge is -2.13. The summed E-state index contributed by atoms with van der Waals surface area (Å²) in [5.74, 6) is 2.99. The van der Waals surface area contributed by atoms with Crippen molar-refractivity contribution >= 4 is 37.0 Å². The van der Waals surface area contributed by atoms with Crippen molar-refractivity contribution in [3.8, 4) is 5.75 Å². The van der Waals surface area contributed by atoms with Crippen molar-refractivity contribution in [2.24, 2.45) is 0 Å². The molecule has 0 spiro atoms. The van der Waals surface area contributed by atoms with Gasteiger partial charge in [-0.1, -0.05) is 4.13 Å². The minimum absolute atomic E-state index is 0.0400. The Morgan fingerprint density at radius 2 is 1.60 bits per heavy atom. The van der Waals surface area contributed by atoms with Gasteiger partial charge in [0.1, 0.15) is 30.5 Å². The number of carbonyl (C=O) groups excluding carboxylic acids is 1. The lowest BCUT2D eigenvalue weighted by atomic mass is 10.1. The van der Waals surface area contributed by atoms with Crippen LogP contribution in [-0.4, -0.2) is 58.6 Å². The highest BCUT2D eigenvalue weighted by molar-refractivity contribution is 8.03. The summed E-state index contributed by atoms with van der Waals surface area (Å²) in [6.45, 7) is -1.12. The Labute approximate surface area is 175 Å². The number of hydrogen-bond acceptors (Lipinski definition) is 7. The molecule has 1 aliphatic rings. The third kappa shape index (κ3) is 7.72. The fourth-order valence-electron chi connectivity index (χ4n) is 2.55. The van der Waals surface area contributed by atoms with Crippen LogP contribution in [0.1, 0.15) is 29.6 Å². The van der Waals surface area contributed by atoms with Crippen LogP contribution in [-0.2, 0) is 35.4 Å². The number of sulfonamides is 1. The molecule has 1 aromatic carbocycles. The maximum absolute atomic E-state index is 12.3. The van der Waals surface area contributed by atoms with Gasteiger partial charge in [-0.05, 0) is 54.4 Å². The fourth-order valence-corrected chi connectivity index (χ4v) is 6.74. The minimum atomic E-state index is -6.10. The van der Waals surface area contributed by atoms with Crippen molar-refractivity contribution in [3.05, 3.63) is 29.8 Å².